The maximum absolute atomic E-state index is 9.78. The van der Waals surface area contributed by atoms with Crippen LogP contribution in [0.3, 0.4) is 0 Å². The van der Waals surface area contributed by atoms with Gasteiger partial charge in [-0.2, -0.15) is 0 Å². The third-order valence-corrected chi connectivity index (χ3v) is 1.15. The quantitative estimate of drug-likeness (QED) is 0.406. The normalized spacial score (nSPS) is 18.0. The van der Waals surface area contributed by atoms with Gasteiger partial charge >= 0.3 is 0 Å². The van der Waals surface area contributed by atoms with Crippen LogP contribution in [0.5, 0.6) is 0 Å². The molecule has 0 atom stereocenters. The maximum Gasteiger partial charge on any atom is 0.283 e. The zero-order valence-corrected chi connectivity index (χ0v) is 4.13. The molecule has 0 aromatic rings. The number of aliphatic hydroxyl groups is 1. The summed E-state index contributed by atoms with van der Waals surface area (Å²) in [4.78, 5) is 9.24. The molecule has 0 aliphatic heterocycles. The van der Waals surface area contributed by atoms with E-state index in [2.05, 4.69) is 0 Å². The molecule has 0 unspecified atom stereocenters. The molecule has 1 aliphatic rings. The number of rotatable bonds is 1. The van der Waals surface area contributed by atoms with Gasteiger partial charge in [-0.05, 0) is 0 Å². The van der Waals surface area contributed by atoms with Crippen molar-refractivity contribution in [3.05, 3.63) is 21.6 Å². The highest BCUT2D eigenvalue weighted by Crippen LogP contribution is 2.24. The lowest BCUT2D eigenvalue weighted by molar-refractivity contribution is -0.436. The lowest BCUT2D eigenvalue weighted by atomic mass is 10.0. The Balaban J connectivity index is 2.74. The van der Waals surface area contributed by atoms with E-state index in [0.29, 0.717) is 12.8 Å². The fourth-order valence-electron chi connectivity index (χ4n) is 0.545. The van der Waals surface area contributed by atoms with E-state index < -0.39 is 4.92 Å². The smallest absolute Gasteiger partial charge is 0.283 e. The van der Waals surface area contributed by atoms with Crippen molar-refractivity contribution in [1.29, 1.82) is 0 Å². The van der Waals surface area contributed by atoms with Crippen LogP contribution in [0.2, 0.25) is 0 Å². The Hall–Kier alpha value is -1.06. The Morgan fingerprint density at radius 2 is 2.25 bits per heavy atom. The number of nitrogens with zero attached hydrogens (tertiary/aromatic N) is 1. The molecule has 44 valence electrons. The van der Waals surface area contributed by atoms with E-state index in [1.165, 1.54) is 0 Å². The van der Waals surface area contributed by atoms with Gasteiger partial charge < -0.3 is 5.11 Å². The Morgan fingerprint density at radius 3 is 2.25 bits per heavy atom. The van der Waals surface area contributed by atoms with Crippen LogP contribution >= 0.6 is 0 Å². The van der Waals surface area contributed by atoms with E-state index in [1.807, 2.05) is 0 Å². The van der Waals surface area contributed by atoms with Crippen LogP contribution in [0.4, 0.5) is 0 Å². The fraction of sp³-hybridized carbons (Fsp3) is 0.500. The molecule has 0 saturated carbocycles. The highest BCUT2D eigenvalue weighted by Gasteiger charge is 2.26. The molecular formula is C4H5NO3. The first-order chi connectivity index (χ1) is 3.72. The van der Waals surface area contributed by atoms with Crippen molar-refractivity contribution in [2.24, 2.45) is 0 Å². The van der Waals surface area contributed by atoms with Crippen molar-refractivity contribution in [3.63, 3.8) is 0 Å². The summed E-state index contributed by atoms with van der Waals surface area (Å²) in [5, 5.41) is 18.3. The van der Waals surface area contributed by atoms with E-state index in [1.54, 1.807) is 0 Å². The molecule has 0 heterocycles. The van der Waals surface area contributed by atoms with E-state index in [9.17, 15) is 10.1 Å². The predicted molar refractivity (Wildman–Crippen MR) is 25.9 cm³/mol. The summed E-state index contributed by atoms with van der Waals surface area (Å²) in [6.07, 6.45) is 0.884. The molecular weight excluding hydrogens is 110 g/mol. The maximum atomic E-state index is 9.78. The van der Waals surface area contributed by atoms with Crippen molar-refractivity contribution in [3.8, 4) is 0 Å². The summed E-state index contributed by atoms with van der Waals surface area (Å²) in [5.41, 5.74) is -0.0231. The average molecular weight is 115 g/mol. The van der Waals surface area contributed by atoms with Gasteiger partial charge in [-0.1, -0.05) is 0 Å². The molecule has 1 rings (SSSR count). The first-order valence-corrected chi connectivity index (χ1v) is 2.27. The summed E-state index contributed by atoms with van der Waals surface area (Å²) < 4.78 is 0. The Morgan fingerprint density at radius 1 is 1.62 bits per heavy atom. The number of nitro groups is 1. The second-order valence-corrected chi connectivity index (χ2v) is 1.65. The predicted octanol–water partition coefficient (Wildman–Crippen LogP) is 0.826. The van der Waals surface area contributed by atoms with Gasteiger partial charge in [0.25, 0.3) is 5.70 Å². The molecule has 0 saturated heterocycles. The molecule has 0 radical (unpaired) electrons. The molecule has 4 nitrogen and oxygen atoms in total. The van der Waals surface area contributed by atoms with Gasteiger partial charge in [-0.3, -0.25) is 10.1 Å². The second kappa shape index (κ2) is 1.47. The first-order valence-electron chi connectivity index (χ1n) is 2.27. The lowest BCUT2D eigenvalue weighted by Gasteiger charge is -2.08. The summed E-state index contributed by atoms with van der Waals surface area (Å²) in [6.45, 7) is 0. The fourth-order valence-corrected chi connectivity index (χ4v) is 0.545. The topological polar surface area (TPSA) is 63.4 Å². The molecule has 0 spiro atoms. The van der Waals surface area contributed by atoms with Crippen molar-refractivity contribution in [2.75, 3.05) is 0 Å². The van der Waals surface area contributed by atoms with Gasteiger partial charge in [0, 0.05) is 12.8 Å². The van der Waals surface area contributed by atoms with Crippen LogP contribution < -0.4 is 0 Å². The lowest BCUT2D eigenvalue weighted by Crippen LogP contribution is -2.11. The SMILES string of the molecule is O=[N+]([O-])C1=C(O)CC1. The molecule has 0 aromatic carbocycles. The van der Waals surface area contributed by atoms with Gasteiger partial charge in [0.2, 0.25) is 0 Å². The monoisotopic (exact) mass is 115 g/mol. The molecule has 0 aromatic heterocycles. The summed E-state index contributed by atoms with van der Waals surface area (Å²) in [5.74, 6) is -0.0602. The summed E-state index contributed by atoms with van der Waals surface area (Å²) in [7, 11) is 0. The first kappa shape index (κ1) is 5.08. The van der Waals surface area contributed by atoms with Crippen molar-refractivity contribution in [2.45, 2.75) is 12.8 Å². The van der Waals surface area contributed by atoms with E-state index in [-0.39, 0.29) is 11.5 Å². The van der Waals surface area contributed by atoms with Crippen molar-refractivity contribution < 1.29 is 10.0 Å². The Bertz CT molecular complexity index is 161. The highest BCUT2D eigenvalue weighted by molar-refractivity contribution is 5.09. The van der Waals surface area contributed by atoms with Gasteiger partial charge in [0.1, 0.15) is 0 Å². The number of hydrogen-bond donors (Lipinski definition) is 1. The van der Waals surface area contributed by atoms with Gasteiger partial charge in [-0.15, -0.1) is 0 Å². The molecule has 0 amide bonds. The molecule has 4 heteroatoms. The molecule has 0 bridgehead atoms. The zero-order chi connectivity index (χ0) is 6.15. The average Bonchev–Trinajstić information content (AvgIpc) is 1.61. The Labute approximate surface area is 45.6 Å². The number of hydrogen-bond acceptors (Lipinski definition) is 3. The van der Waals surface area contributed by atoms with Gasteiger partial charge in [0.15, 0.2) is 5.76 Å². The van der Waals surface area contributed by atoms with Crippen LogP contribution in [-0.4, -0.2) is 10.0 Å². The van der Waals surface area contributed by atoms with Crippen LogP contribution in [0.25, 0.3) is 0 Å². The Kier molecular flexibility index (Phi) is 0.932. The summed E-state index contributed by atoms with van der Waals surface area (Å²) >= 11 is 0. The standard InChI is InChI=1S/C4H5NO3/c6-4-2-1-3(4)5(7)8/h6H,1-2H2. The van der Waals surface area contributed by atoms with E-state index in [4.69, 9.17) is 5.11 Å². The minimum Gasteiger partial charge on any atom is -0.506 e. The number of allylic oxidation sites excluding steroid dienone is 2. The van der Waals surface area contributed by atoms with Crippen molar-refractivity contribution in [1.82, 2.24) is 0 Å². The van der Waals surface area contributed by atoms with Crippen LogP contribution in [0, 0.1) is 10.1 Å². The zero-order valence-electron chi connectivity index (χ0n) is 4.13. The largest absolute Gasteiger partial charge is 0.506 e. The van der Waals surface area contributed by atoms with Crippen LogP contribution in [-0.2, 0) is 0 Å². The minimum atomic E-state index is -0.543. The second-order valence-electron chi connectivity index (χ2n) is 1.65. The molecule has 0 fully saturated rings. The molecule has 8 heavy (non-hydrogen) atoms. The van der Waals surface area contributed by atoms with Gasteiger partial charge in [-0.25, -0.2) is 0 Å². The summed E-state index contributed by atoms with van der Waals surface area (Å²) in [6, 6.07) is 0. The minimum absolute atomic E-state index is 0.0231. The number of aliphatic hydroxyl groups excluding tert-OH is 1. The van der Waals surface area contributed by atoms with E-state index >= 15 is 0 Å². The molecule has 1 aliphatic carbocycles. The third kappa shape index (κ3) is 0.538. The van der Waals surface area contributed by atoms with Crippen LogP contribution in [0.15, 0.2) is 11.5 Å². The third-order valence-electron chi connectivity index (χ3n) is 1.15. The van der Waals surface area contributed by atoms with Crippen LogP contribution in [0.1, 0.15) is 12.8 Å². The highest BCUT2D eigenvalue weighted by atomic mass is 16.6. The van der Waals surface area contributed by atoms with Gasteiger partial charge in [0.05, 0.1) is 4.92 Å². The van der Waals surface area contributed by atoms with Crippen molar-refractivity contribution >= 4 is 0 Å². The molecule has 1 N–H and O–H groups in total. The van der Waals surface area contributed by atoms with E-state index in [0.717, 1.165) is 0 Å².